The molecule has 0 radical (unpaired) electrons. The van der Waals surface area contributed by atoms with E-state index in [2.05, 4.69) is 13.8 Å². The van der Waals surface area contributed by atoms with E-state index < -0.39 is 0 Å². The lowest BCUT2D eigenvalue weighted by molar-refractivity contribution is 0.180. The van der Waals surface area contributed by atoms with E-state index in [1.54, 1.807) is 0 Å². The van der Waals surface area contributed by atoms with Gasteiger partial charge in [0.25, 0.3) is 0 Å². The summed E-state index contributed by atoms with van der Waals surface area (Å²) in [6.45, 7) is 4.78. The molecule has 0 amide bonds. The molecule has 1 nitrogen and oxygen atoms in total. The second-order valence-electron chi connectivity index (χ2n) is 8.25. The Kier molecular flexibility index (Phi) is 4.22. The highest BCUT2D eigenvalue weighted by Crippen LogP contribution is 2.50. The molecule has 3 saturated carbocycles. The van der Waals surface area contributed by atoms with Crippen LogP contribution in [0.1, 0.15) is 71.6 Å². The molecule has 4 atom stereocenters. The summed E-state index contributed by atoms with van der Waals surface area (Å²) in [6, 6.07) is 0.512. The molecule has 3 aliphatic rings. The van der Waals surface area contributed by atoms with E-state index in [9.17, 15) is 0 Å². The molecule has 3 rings (SSSR count). The topological polar surface area (TPSA) is 26.0 Å². The van der Waals surface area contributed by atoms with Crippen molar-refractivity contribution in [3.63, 3.8) is 0 Å². The number of hydrogen-bond donors (Lipinski definition) is 1. The Bertz CT molecular complexity index is 290. The van der Waals surface area contributed by atoms with Crippen molar-refractivity contribution in [2.75, 3.05) is 0 Å². The monoisotopic (exact) mass is 263 g/mol. The van der Waals surface area contributed by atoms with E-state index in [4.69, 9.17) is 5.73 Å². The highest BCUT2D eigenvalue weighted by molar-refractivity contribution is 4.92. The molecule has 19 heavy (non-hydrogen) atoms. The van der Waals surface area contributed by atoms with Gasteiger partial charge in [-0.2, -0.15) is 0 Å². The molecule has 2 N–H and O–H groups in total. The fraction of sp³-hybridized carbons (Fsp3) is 1.00. The van der Waals surface area contributed by atoms with Crippen molar-refractivity contribution in [1.29, 1.82) is 0 Å². The summed E-state index contributed by atoms with van der Waals surface area (Å²) in [5.41, 5.74) is 6.58. The Labute approximate surface area is 119 Å². The maximum Gasteiger partial charge on any atom is 0.00699 e. The van der Waals surface area contributed by atoms with Gasteiger partial charge in [-0.25, -0.2) is 0 Å². The minimum absolute atomic E-state index is 0.512. The van der Waals surface area contributed by atoms with Crippen LogP contribution >= 0.6 is 0 Å². The SMILES string of the molecule is CC(C)C1CCC(C(N)CC2CC3CCC2C3)CC1. The highest BCUT2D eigenvalue weighted by atomic mass is 14.7. The lowest BCUT2D eigenvalue weighted by Crippen LogP contribution is -2.36. The number of fused-ring (bicyclic) bond motifs is 2. The van der Waals surface area contributed by atoms with Crippen LogP contribution in [-0.4, -0.2) is 6.04 Å². The summed E-state index contributed by atoms with van der Waals surface area (Å²) in [5.74, 6) is 5.83. The third kappa shape index (κ3) is 3.01. The first-order valence-electron chi connectivity index (χ1n) is 8.89. The van der Waals surface area contributed by atoms with Gasteiger partial charge in [-0.3, -0.25) is 0 Å². The minimum atomic E-state index is 0.512. The second-order valence-corrected chi connectivity index (χ2v) is 8.25. The van der Waals surface area contributed by atoms with Crippen LogP contribution in [0.15, 0.2) is 0 Å². The fourth-order valence-electron chi connectivity index (χ4n) is 5.45. The molecular weight excluding hydrogens is 230 g/mol. The van der Waals surface area contributed by atoms with Crippen LogP contribution in [0.25, 0.3) is 0 Å². The summed E-state index contributed by atoms with van der Waals surface area (Å²) in [7, 11) is 0. The van der Waals surface area contributed by atoms with Gasteiger partial charge in [0, 0.05) is 6.04 Å². The van der Waals surface area contributed by atoms with Crippen LogP contribution in [0.3, 0.4) is 0 Å². The largest absolute Gasteiger partial charge is 0.327 e. The molecular formula is C18H33N. The van der Waals surface area contributed by atoms with Crippen LogP contribution in [-0.2, 0) is 0 Å². The zero-order valence-corrected chi connectivity index (χ0v) is 13.0. The van der Waals surface area contributed by atoms with Gasteiger partial charge in [0.2, 0.25) is 0 Å². The molecule has 0 aliphatic heterocycles. The Morgan fingerprint density at radius 2 is 1.58 bits per heavy atom. The Balaban J connectivity index is 1.45. The lowest BCUT2D eigenvalue weighted by atomic mass is 9.72. The average Bonchev–Trinajstić information content (AvgIpc) is 3.01. The van der Waals surface area contributed by atoms with Crippen LogP contribution in [0.5, 0.6) is 0 Å². The predicted molar refractivity (Wildman–Crippen MR) is 81.8 cm³/mol. The Morgan fingerprint density at radius 1 is 0.895 bits per heavy atom. The second kappa shape index (κ2) is 5.76. The normalized spacial score (nSPS) is 43.9. The van der Waals surface area contributed by atoms with Gasteiger partial charge in [0.05, 0.1) is 0 Å². The van der Waals surface area contributed by atoms with Crippen molar-refractivity contribution >= 4 is 0 Å². The standard InChI is InChI=1S/C18H33N/c1-12(2)14-5-7-15(8-6-14)18(19)11-17-10-13-3-4-16(17)9-13/h12-18H,3-11,19H2,1-2H3. The van der Waals surface area contributed by atoms with Gasteiger partial charge < -0.3 is 5.73 Å². The van der Waals surface area contributed by atoms with Crippen LogP contribution < -0.4 is 5.73 Å². The first-order valence-corrected chi connectivity index (χ1v) is 8.89. The molecule has 4 unspecified atom stereocenters. The van der Waals surface area contributed by atoms with Crippen molar-refractivity contribution in [2.24, 2.45) is 41.2 Å². The predicted octanol–water partition coefficient (Wildman–Crippen LogP) is 4.60. The maximum atomic E-state index is 6.58. The summed E-state index contributed by atoms with van der Waals surface area (Å²) < 4.78 is 0. The van der Waals surface area contributed by atoms with E-state index >= 15 is 0 Å². The number of nitrogens with two attached hydrogens (primary N) is 1. The minimum Gasteiger partial charge on any atom is -0.327 e. The molecule has 3 fully saturated rings. The maximum absolute atomic E-state index is 6.58. The van der Waals surface area contributed by atoms with Gasteiger partial charge in [-0.15, -0.1) is 0 Å². The first kappa shape index (κ1) is 13.9. The van der Waals surface area contributed by atoms with Crippen molar-refractivity contribution in [2.45, 2.75) is 77.7 Å². The fourth-order valence-corrected chi connectivity index (χ4v) is 5.45. The molecule has 0 spiro atoms. The third-order valence-corrected chi connectivity index (χ3v) is 6.82. The summed E-state index contributed by atoms with van der Waals surface area (Å²) in [6.07, 6.45) is 13.1. The quantitative estimate of drug-likeness (QED) is 0.788. The van der Waals surface area contributed by atoms with Crippen molar-refractivity contribution in [1.82, 2.24) is 0 Å². The van der Waals surface area contributed by atoms with E-state index in [0.717, 1.165) is 35.5 Å². The molecule has 0 heterocycles. The Hall–Kier alpha value is -0.0400. The molecule has 0 aromatic heterocycles. The summed E-state index contributed by atoms with van der Waals surface area (Å²) >= 11 is 0. The molecule has 2 bridgehead atoms. The highest BCUT2D eigenvalue weighted by Gasteiger charge is 2.40. The first-order chi connectivity index (χ1) is 9.13. The van der Waals surface area contributed by atoms with Gasteiger partial charge in [0.15, 0.2) is 0 Å². The van der Waals surface area contributed by atoms with E-state index in [0.29, 0.717) is 6.04 Å². The lowest BCUT2D eigenvalue weighted by Gasteiger charge is -2.35. The third-order valence-electron chi connectivity index (χ3n) is 6.82. The molecule has 3 aliphatic carbocycles. The molecule has 0 saturated heterocycles. The van der Waals surface area contributed by atoms with E-state index in [1.165, 1.54) is 57.8 Å². The Morgan fingerprint density at radius 3 is 2.11 bits per heavy atom. The van der Waals surface area contributed by atoms with Crippen molar-refractivity contribution in [3.05, 3.63) is 0 Å². The molecule has 1 heteroatoms. The number of hydrogen-bond acceptors (Lipinski definition) is 1. The van der Waals surface area contributed by atoms with Crippen LogP contribution in [0.2, 0.25) is 0 Å². The van der Waals surface area contributed by atoms with Crippen LogP contribution in [0.4, 0.5) is 0 Å². The zero-order chi connectivity index (χ0) is 13.4. The summed E-state index contributed by atoms with van der Waals surface area (Å²) in [4.78, 5) is 0. The summed E-state index contributed by atoms with van der Waals surface area (Å²) in [5, 5.41) is 0. The molecule has 0 aromatic rings. The average molecular weight is 263 g/mol. The van der Waals surface area contributed by atoms with Gasteiger partial charge in [0.1, 0.15) is 0 Å². The van der Waals surface area contributed by atoms with Gasteiger partial charge >= 0.3 is 0 Å². The van der Waals surface area contributed by atoms with Crippen molar-refractivity contribution in [3.8, 4) is 0 Å². The molecule has 110 valence electrons. The van der Waals surface area contributed by atoms with Gasteiger partial charge in [-0.05, 0) is 86.9 Å². The van der Waals surface area contributed by atoms with Gasteiger partial charge in [-0.1, -0.05) is 20.3 Å². The number of rotatable bonds is 4. The smallest absolute Gasteiger partial charge is 0.00699 e. The van der Waals surface area contributed by atoms with E-state index in [-0.39, 0.29) is 0 Å². The zero-order valence-electron chi connectivity index (χ0n) is 13.0. The van der Waals surface area contributed by atoms with E-state index in [1.807, 2.05) is 0 Å². The van der Waals surface area contributed by atoms with Crippen molar-refractivity contribution < 1.29 is 0 Å². The van der Waals surface area contributed by atoms with Crippen LogP contribution in [0, 0.1) is 35.5 Å². The molecule has 0 aromatic carbocycles.